The van der Waals surface area contributed by atoms with E-state index < -0.39 is 0 Å². The average Bonchev–Trinajstić information content (AvgIpc) is 2.40. The fraction of sp³-hybridized carbons (Fsp3) is 0.500. The third-order valence-electron chi connectivity index (χ3n) is 3.72. The van der Waals surface area contributed by atoms with Gasteiger partial charge in [0.05, 0.1) is 12.6 Å². The molecule has 2 saturated heterocycles. The van der Waals surface area contributed by atoms with E-state index >= 15 is 0 Å². The van der Waals surface area contributed by atoms with E-state index in [-0.39, 0.29) is 12.1 Å². The van der Waals surface area contributed by atoms with E-state index in [2.05, 4.69) is 12.1 Å². The lowest BCUT2D eigenvalue weighted by Crippen LogP contribution is -2.52. The number of fused-ring (bicyclic) bond motifs is 1. The van der Waals surface area contributed by atoms with Crippen LogP contribution in [0.4, 0.5) is 0 Å². The number of morpholine rings is 1. The van der Waals surface area contributed by atoms with Crippen LogP contribution in [-0.4, -0.2) is 30.0 Å². The van der Waals surface area contributed by atoms with Crippen LogP contribution >= 0.6 is 0 Å². The van der Waals surface area contributed by atoms with Gasteiger partial charge in [0.1, 0.15) is 6.10 Å². The molecule has 3 nitrogen and oxygen atoms in total. The highest BCUT2D eigenvalue weighted by atomic mass is 16.5. The van der Waals surface area contributed by atoms with Crippen molar-refractivity contribution in [2.75, 3.05) is 13.2 Å². The summed E-state index contributed by atoms with van der Waals surface area (Å²) < 4.78 is 5.89. The van der Waals surface area contributed by atoms with Gasteiger partial charge in [0, 0.05) is 13.0 Å². The molecule has 0 aromatic heterocycles. The molecule has 2 aliphatic rings. The van der Waals surface area contributed by atoms with Crippen LogP contribution in [-0.2, 0) is 9.53 Å². The summed E-state index contributed by atoms with van der Waals surface area (Å²) in [5, 5.41) is 0. The van der Waals surface area contributed by atoms with Crippen molar-refractivity contribution in [2.45, 2.75) is 31.4 Å². The van der Waals surface area contributed by atoms with Gasteiger partial charge in [-0.05, 0) is 18.4 Å². The van der Waals surface area contributed by atoms with Gasteiger partial charge in [-0.1, -0.05) is 30.3 Å². The van der Waals surface area contributed by atoms with Crippen molar-refractivity contribution in [3.8, 4) is 0 Å². The number of carbonyl (C=O) groups excluding carboxylic acids is 1. The molecule has 1 amide bonds. The summed E-state index contributed by atoms with van der Waals surface area (Å²) in [7, 11) is 0. The van der Waals surface area contributed by atoms with Crippen LogP contribution < -0.4 is 0 Å². The zero-order chi connectivity index (χ0) is 11.7. The topological polar surface area (TPSA) is 29.5 Å². The maximum atomic E-state index is 11.9. The molecule has 90 valence electrons. The molecule has 0 aliphatic carbocycles. The van der Waals surface area contributed by atoms with Crippen LogP contribution in [0.25, 0.3) is 0 Å². The molecule has 2 aliphatic heterocycles. The quantitative estimate of drug-likeness (QED) is 0.741. The summed E-state index contributed by atoms with van der Waals surface area (Å²) in [5.41, 5.74) is 1.19. The number of benzene rings is 1. The monoisotopic (exact) mass is 231 g/mol. The first-order chi connectivity index (χ1) is 8.36. The SMILES string of the molecule is O=C1CCCC2C(c3ccccc3)OCCN12. The molecule has 2 atom stereocenters. The summed E-state index contributed by atoms with van der Waals surface area (Å²) in [6.07, 6.45) is 2.82. The molecule has 2 fully saturated rings. The summed E-state index contributed by atoms with van der Waals surface area (Å²) in [6, 6.07) is 10.5. The van der Waals surface area contributed by atoms with Crippen molar-refractivity contribution in [3.05, 3.63) is 35.9 Å². The fourth-order valence-electron chi connectivity index (χ4n) is 2.90. The summed E-state index contributed by atoms with van der Waals surface area (Å²) >= 11 is 0. The lowest BCUT2D eigenvalue weighted by Gasteiger charge is -2.44. The van der Waals surface area contributed by atoms with Crippen molar-refractivity contribution in [2.24, 2.45) is 0 Å². The first kappa shape index (κ1) is 10.8. The third-order valence-corrected chi connectivity index (χ3v) is 3.72. The van der Waals surface area contributed by atoms with Crippen molar-refractivity contribution in [1.82, 2.24) is 4.90 Å². The van der Waals surface area contributed by atoms with Gasteiger partial charge >= 0.3 is 0 Å². The smallest absolute Gasteiger partial charge is 0.222 e. The second kappa shape index (κ2) is 4.49. The number of hydrogen-bond donors (Lipinski definition) is 0. The first-order valence-corrected chi connectivity index (χ1v) is 6.32. The maximum absolute atomic E-state index is 11.9. The van der Waals surface area contributed by atoms with Crippen molar-refractivity contribution in [1.29, 1.82) is 0 Å². The van der Waals surface area contributed by atoms with E-state index in [1.807, 2.05) is 23.1 Å². The number of hydrogen-bond acceptors (Lipinski definition) is 2. The van der Waals surface area contributed by atoms with Gasteiger partial charge in [-0.15, -0.1) is 0 Å². The molecular formula is C14H17NO2. The van der Waals surface area contributed by atoms with Crippen LogP contribution in [0.15, 0.2) is 30.3 Å². The molecule has 1 aromatic rings. The number of amides is 1. The first-order valence-electron chi connectivity index (χ1n) is 6.32. The Labute approximate surface area is 101 Å². The van der Waals surface area contributed by atoms with Gasteiger partial charge in [0.25, 0.3) is 0 Å². The summed E-state index contributed by atoms with van der Waals surface area (Å²) in [6.45, 7) is 1.41. The number of piperidine rings is 1. The van der Waals surface area contributed by atoms with Gasteiger partial charge < -0.3 is 9.64 Å². The number of rotatable bonds is 1. The van der Waals surface area contributed by atoms with Crippen LogP contribution in [0.5, 0.6) is 0 Å². The van der Waals surface area contributed by atoms with E-state index in [9.17, 15) is 4.79 Å². The van der Waals surface area contributed by atoms with Crippen LogP contribution in [0.2, 0.25) is 0 Å². The van der Waals surface area contributed by atoms with Gasteiger partial charge in [-0.25, -0.2) is 0 Å². The molecule has 0 bridgehead atoms. The zero-order valence-corrected chi connectivity index (χ0v) is 9.84. The maximum Gasteiger partial charge on any atom is 0.222 e. The van der Waals surface area contributed by atoms with Crippen LogP contribution in [0.1, 0.15) is 30.9 Å². The van der Waals surface area contributed by atoms with Crippen LogP contribution in [0, 0.1) is 0 Å². The minimum Gasteiger partial charge on any atom is -0.370 e. The molecule has 0 spiro atoms. The second-order valence-corrected chi connectivity index (χ2v) is 4.75. The average molecular weight is 231 g/mol. The predicted molar refractivity (Wildman–Crippen MR) is 64.5 cm³/mol. The Kier molecular flexibility index (Phi) is 2.85. The Morgan fingerprint density at radius 3 is 2.88 bits per heavy atom. The lowest BCUT2D eigenvalue weighted by atomic mass is 9.91. The van der Waals surface area contributed by atoms with Crippen molar-refractivity contribution < 1.29 is 9.53 Å². The van der Waals surface area contributed by atoms with E-state index in [1.54, 1.807) is 0 Å². The van der Waals surface area contributed by atoms with Gasteiger partial charge in [-0.3, -0.25) is 4.79 Å². The third kappa shape index (κ3) is 1.95. The Balaban J connectivity index is 1.87. The molecule has 0 N–H and O–H groups in total. The molecular weight excluding hydrogens is 214 g/mol. The molecule has 17 heavy (non-hydrogen) atoms. The molecule has 0 radical (unpaired) electrons. The highest BCUT2D eigenvalue weighted by Crippen LogP contribution is 2.34. The minimum absolute atomic E-state index is 0.0641. The molecule has 2 unspecified atom stereocenters. The number of ether oxygens (including phenoxy) is 1. The molecule has 3 heteroatoms. The molecule has 2 heterocycles. The largest absolute Gasteiger partial charge is 0.370 e. The van der Waals surface area contributed by atoms with Crippen LogP contribution in [0.3, 0.4) is 0 Å². The standard InChI is InChI=1S/C14H17NO2/c16-13-8-4-7-12-14(17-10-9-15(12)13)11-5-2-1-3-6-11/h1-3,5-6,12,14H,4,7-10H2. The van der Waals surface area contributed by atoms with E-state index in [1.165, 1.54) is 5.56 Å². The van der Waals surface area contributed by atoms with Crippen molar-refractivity contribution >= 4 is 5.91 Å². The van der Waals surface area contributed by atoms with Gasteiger partial charge in [0.2, 0.25) is 5.91 Å². The zero-order valence-electron chi connectivity index (χ0n) is 9.84. The van der Waals surface area contributed by atoms with E-state index in [4.69, 9.17) is 4.74 Å². The Hall–Kier alpha value is -1.35. The van der Waals surface area contributed by atoms with E-state index in [0.29, 0.717) is 18.9 Å². The van der Waals surface area contributed by atoms with Gasteiger partial charge in [-0.2, -0.15) is 0 Å². The minimum atomic E-state index is 0.0641. The number of nitrogens with zero attached hydrogens (tertiary/aromatic N) is 1. The molecule has 1 aromatic carbocycles. The van der Waals surface area contributed by atoms with Crippen molar-refractivity contribution in [3.63, 3.8) is 0 Å². The Morgan fingerprint density at radius 1 is 1.24 bits per heavy atom. The van der Waals surface area contributed by atoms with Gasteiger partial charge in [0.15, 0.2) is 0 Å². The molecule has 0 saturated carbocycles. The summed E-state index contributed by atoms with van der Waals surface area (Å²) in [4.78, 5) is 13.9. The lowest BCUT2D eigenvalue weighted by molar-refractivity contribution is -0.152. The Morgan fingerprint density at radius 2 is 2.06 bits per heavy atom. The van der Waals surface area contributed by atoms with E-state index in [0.717, 1.165) is 19.4 Å². The normalized spacial score (nSPS) is 28.9. The fourth-order valence-corrected chi connectivity index (χ4v) is 2.90. The Bertz CT molecular complexity index is 404. The highest BCUT2D eigenvalue weighted by molar-refractivity contribution is 5.77. The highest BCUT2D eigenvalue weighted by Gasteiger charge is 2.37. The summed E-state index contributed by atoms with van der Waals surface area (Å²) in [5.74, 6) is 0.297. The number of carbonyl (C=O) groups is 1. The molecule has 3 rings (SSSR count). The predicted octanol–water partition coefficient (Wildman–Crippen LogP) is 2.14. The second-order valence-electron chi connectivity index (χ2n) is 4.75.